The van der Waals surface area contributed by atoms with Gasteiger partial charge in [-0.1, -0.05) is 31.4 Å². The molecule has 1 aliphatic rings. The minimum atomic E-state index is -0.675. The van der Waals surface area contributed by atoms with Gasteiger partial charge in [0.15, 0.2) is 0 Å². The van der Waals surface area contributed by atoms with E-state index in [9.17, 15) is 9.59 Å². The lowest BCUT2D eigenvalue weighted by molar-refractivity contribution is -0.129. The fourth-order valence-electron chi connectivity index (χ4n) is 3.00. The van der Waals surface area contributed by atoms with E-state index in [1.165, 1.54) is 0 Å². The quantitative estimate of drug-likeness (QED) is 0.548. The fourth-order valence-corrected chi connectivity index (χ4v) is 3.00. The highest BCUT2D eigenvalue weighted by Crippen LogP contribution is 2.26. The monoisotopic (exact) mass is 303 g/mol. The second kappa shape index (κ2) is 7.40. The highest BCUT2D eigenvalue weighted by atomic mass is 16.2. The lowest BCUT2D eigenvalue weighted by Gasteiger charge is -2.34. The molecule has 1 aromatic rings. The van der Waals surface area contributed by atoms with Crippen molar-refractivity contribution in [1.82, 2.24) is 10.6 Å². The number of rotatable bonds is 6. The fraction of sp³-hybridized carbons (Fsp3) is 0.529. The van der Waals surface area contributed by atoms with Crippen LogP contribution in [0.2, 0.25) is 0 Å². The van der Waals surface area contributed by atoms with E-state index in [0.717, 1.165) is 44.0 Å². The molecule has 1 aliphatic carbocycles. The summed E-state index contributed by atoms with van der Waals surface area (Å²) in [5, 5.41) is 6.01. The van der Waals surface area contributed by atoms with Crippen molar-refractivity contribution in [2.75, 3.05) is 12.8 Å². The van der Waals surface area contributed by atoms with Crippen molar-refractivity contribution in [3.05, 3.63) is 29.8 Å². The van der Waals surface area contributed by atoms with Crippen molar-refractivity contribution in [1.29, 1.82) is 0 Å². The van der Waals surface area contributed by atoms with Gasteiger partial charge in [-0.3, -0.25) is 4.79 Å². The van der Waals surface area contributed by atoms with Gasteiger partial charge < -0.3 is 21.2 Å². The van der Waals surface area contributed by atoms with Gasteiger partial charge in [0.05, 0.1) is 11.6 Å². The van der Waals surface area contributed by atoms with Gasteiger partial charge in [0.1, 0.15) is 6.29 Å². The zero-order valence-electron chi connectivity index (χ0n) is 13.1. The van der Waals surface area contributed by atoms with Gasteiger partial charge in [0.2, 0.25) is 5.91 Å². The molecule has 0 radical (unpaired) electrons. The Kier molecular flexibility index (Phi) is 5.55. The van der Waals surface area contributed by atoms with Crippen LogP contribution in [0.3, 0.4) is 0 Å². The van der Waals surface area contributed by atoms with Crippen LogP contribution in [0.15, 0.2) is 24.3 Å². The Morgan fingerprint density at radius 3 is 2.45 bits per heavy atom. The molecule has 0 aliphatic heterocycles. The average molecular weight is 303 g/mol. The Balaban J connectivity index is 2.01. The number of amides is 1. The van der Waals surface area contributed by atoms with Crippen LogP contribution in [0, 0.1) is 0 Å². The number of likely N-dealkylation sites (N-methyl/N-ethyl adjacent to an activating group) is 1. The molecule has 0 bridgehead atoms. The van der Waals surface area contributed by atoms with Crippen molar-refractivity contribution in [3.8, 4) is 0 Å². The smallest absolute Gasteiger partial charge is 0.238 e. The molecule has 1 fully saturated rings. The number of nitrogens with two attached hydrogens (primary N) is 1. The van der Waals surface area contributed by atoms with E-state index in [1.807, 2.05) is 24.3 Å². The van der Waals surface area contributed by atoms with Crippen LogP contribution in [0.5, 0.6) is 0 Å². The number of anilines is 1. The second-order valence-corrected chi connectivity index (χ2v) is 6.11. The number of hydrogen-bond acceptors (Lipinski definition) is 4. The SMILES string of the molecule is CNC(Cc1ccc(N)cc1)C(=O)NC1(C=O)CCCCC1. The van der Waals surface area contributed by atoms with E-state index in [1.54, 1.807) is 7.05 Å². The summed E-state index contributed by atoms with van der Waals surface area (Å²) in [7, 11) is 1.76. The molecular weight excluding hydrogens is 278 g/mol. The molecule has 120 valence electrons. The Labute approximate surface area is 131 Å². The molecule has 2 rings (SSSR count). The van der Waals surface area contributed by atoms with Gasteiger partial charge in [-0.25, -0.2) is 0 Å². The number of nitrogen functional groups attached to an aromatic ring is 1. The van der Waals surface area contributed by atoms with E-state index < -0.39 is 5.54 Å². The topological polar surface area (TPSA) is 84.2 Å². The Hall–Kier alpha value is -1.88. The Bertz CT molecular complexity index is 507. The van der Waals surface area contributed by atoms with Crippen LogP contribution in [0.4, 0.5) is 5.69 Å². The number of aldehydes is 1. The molecule has 0 saturated heterocycles. The first-order valence-corrected chi connectivity index (χ1v) is 7.88. The largest absolute Gasteiger partial charge is 0.399 e. The van der Waals surface area contributed by atoms with Gasteiger partial charge in [0, 0.05) is 5.69 Å². The first-order valence-electron chi connectivity index (χ1n) is 7.88. The molecule has 0 heterocycles. The predicted molar refractivity (Wildman–Crippen MR) is 87.4 cm³/mol. The summed E-state index contributed by atoms with van der Waals surface area (Å²) in [5.41, 5.74) is 6.74. The minimum absolute atomic E-state index is 0.117. The third-order valence-corrected chi connectivity index (χ3v) is 4.43. The van der Waals surface area contributed by atoms with Crippen molar-refractivity contribution in [3.63, 3.8) is 0 Å². The predicted octanol–water partition coefficient (Wildman–Crippen LogP) is 1.42. The van der Waals surface area contributed by atoms with E-state index in [2.05, 4.69) is 10.6 Å². The number of carbonyl (C=O) groups excluding carboxylic acids is 2. The van der Waals surface area contributed by atoms with Crippen LogP contribution in [-0.4, -0.2) is 30.8 Å². The van der Waals surface area contributed by atoms with Gasteiger partial charge in [-0.05, 0) is 44.0 Å². The number of nitrogens with one attached hydrogen (secondary N) is 2. The third-order valence-electron chi connectivity index (χ3n) is 4.43. The summed E-state index contributed by atoms with van der Waals surface area (Å²) >= 11 is 0. The zero-order chi connectivity index (χ0) is 16.0. The van der Waals surface area contributed by atoms with Crippen LogP contribution >= 0.6 is 0 Å². The molecular formula is C17H25N3O2. The maximum Gasteiger partial charge on any atom is 0.238 e. The standard InChI is InChI=1S/C17H25N3O2/c1-19-15(11-13-5-7-14(18)8-6-13)16(22)20-17(12-21)9-3-2-4-10-17/h5-8,12,15,19H,2-4,9-11,18H2,1H3,(H,20,22). The molecule has 1 aromatic carbocycles. The summed E-state index contributed by atoms with van der Waals surface area (Å²) in [5.74, 6) is -0.117. The number of hydrogen-bond donors (Lipinski definition) is 3. The molecule has 1 amide bonds. The van der Waals surface area contributed by atoms with Crippen molar-refractivity contribution in [2.45, 2.75) is 50.1 Å². The summed E-state index contributed by atoms with van der Waals surface area (Å²) in [6, 6.07) is 7.14. The summed E-state index contributed by atoms with van der Waals surface area (Å²) in [6.07, 6.45) is 6.06. The van der Waals surface area contributed by atoms with E-state index in [0.29, 0.717) is 12.1 Å². The highest BCUT2D eigenvalue weighted by Gasteiger charge is 2.34. The zero-order valence-corrected chi connectivity index (χ0v) is 13.1. The van der Waals surface area contributed by atoms with Crippen molar-refractivity contribution >= 4 is 17.9 Å². The first kappa shape index (κ1) is 16.5. The Morgan fingerprint density at radius 2 is 1.91 bits per heavy atom. The van der Waals surface area contributed by atoms with Crippen LogP contribution < -0.4 is 16.4 Å². The second-order valence-electron chi connectivity index (χ2n) is 6.11. The number of benzene rings is 1. The van der Waals surface area contributed by atoms with Crippen molar-refractivity contribution < 1.29 is 9.59 Å². The molecule has 0 aromatic heterocycles. The van der Waals surface area contributed by atoms with Crippen LogP contribution in [-0.2, 0) is 16.0 Å². The van der Waals surface area contributed by atoms with Gasteiger partial charge in [-0.15, -0.1) is 0 Å². The van der Waals surface area contributed by atoms with E-state index in [4.69, 9.17) is 5.73 Å². The molecule has 1 atom stereocenters. The van der Waals surface area contributed by atoms with Crippen molar-refractivity contribution in [2.24, 2.45) is 0 Å². The lowest BCUT2D eigenvalue weighted by atomic mass is 9.82. The average Bonchev–Trinajstić information content (AvgIpc) is 2.55. The normalized spacial score (nSPS) is 18.4. The van der Waals surface area contributed by atoms with Crippen LogP contribution in [0.1, 0.15) is 37.7 Å². The maximum atomic E-state index is 12.5. The lowest BCUT2D eigenvalue weighted by Crippen LogP contribution is -2.56. The van der Waals surface area contributed by atoms with E-state index >= 15 is 0 Å². The third kappa shape index (κ3) is 4.07. The molecule has 1 unspecified atom stereocenters. The summed E-state index contributed by atoms with van der Waals surface area (Å²) in [4.78, 5) is 24.0. The van der Waals surface area contributed by atoms with Gasteiger partial charge in [-0.2, -0.15) is 0 Å². The molecule has 5 nitrogen and oxygen atoms in total. The molecule has 1 saturated carbocycles. The first-order chi connectivity index (χ1) is 10.6. The van der Waals surface area contributed by atoms with Crippen LogP contribution in [0.25, 0.3) is 0 Å². The van der Waals surface area contributed by atoms with Gasteiger partial charge in [0.25, 0.3) is 0 Å². The molecule has 4 N–H and O–H groups in total. The summed E-state index contributed by atoms with van der Waals surface area (Å²) in [6.45, 7) is 0. The maximum absolute atomic E-state index is 12.5. The molecule has 22 heavy (non-hydrogen) atoms. The Morgan fingerprint density at radius 1 is 1.27 bits per heavy atom. The molecule has 0 spiro atoms. The van der Waals surface area contributed by atoms with E-state index in [-0.39, 0.29) is 11.9 Å². The minimum Gasteiger partial charge on any atom is -0.399 e. The van der Waals surface area contributed by atoms with Gasteiger partial charge >= 0.3 is 0 Å². The highest BCUT2D eigenvalue weighted by molar-refractivity contribution is 5.86. The summed E-state index contributed by atoms with van der Waals surface area (Å²) < 4.78 is 0. The number of carbonyl (C=O) groups is 2. The molecule has 5 heteroatoms.